The Balaban J connectivity index is 1.60. The molecule has 0 radical (unpaired) electrons. The van der Waals surface area contributed by atoms with Gasteiger partial charge in [-0.1, -0.05) is 91.0 Å². The fraction of sp³-hybridized carbons (Fsp3) is 0.200. The van der Waals surface area contributed by atoms with Crippen molar-refractivity contribution in [2.24, 2.45) is 0 Å². The highest BCUT2D eigenvalue weighted by atomic mass is 16.7. The number of nitrogens with one attached hydrogen (secondary N) is 1. The summed E-state index contributed by atoms with van der Waals surface area (Å²) >= 11 is 0. The molecule has 0 bridgehead atoms. The zero-order chi connectivity index (χ0) is 19.5. The quantitative estimate of drug-likeness (QED) is 0.646. The van der Waals surface area contributed by atoms with Crippen molar-refractivity contribution >= 4 is 0 Å². The predicted molar refractivity (Wildman–Crippen MR) is 111 cm³/mol. The van der Waals surface area contributed by atoms with E-state index < -0.39 is 5.60 Å². The largest absolute Gasteiger partial charge is 0.365 e. The van der Waals surface area contributed by atoms with Crippen molar-refractivity contribution in [1.29, 1.82) is 0 Å². The molecule has 0 aromatic heterocycles. The van der Waals surface area contributed by atoms with Crippen LogP contribution in [-0.2, 0) is 19.9 Å². The van der Waals surface area contributed by atoms with Gasteiger partial charge in [0.25, 0.3) is 0 Å². The van der Waals surface area contributed by atoms with E-state index in [4.69, 9.17) is 14.3 Å². The first-order chi connectivity index (χ1) is 14.4. The molecule has 0 spiro atoms. The Morgan fingerprint density at radius 3 is 1.79 bits per heavy atom. The summed E-state index contributed by atoms with van der Waals surface area (Å²) in [4.78, 5) is 5.37. The SMILES string of the molecule is c1ccc(C(OCC2OCC3=C2CON3)(c2ccccc2)c2ccccc2)cc1. The van der Waals surface area contributed by atoms with Crippen molar-refractivity contribution in [3.8, 4) is 0 Å². The molecule has 2 heterocycles. The summed E-state index contributed by atoms with van der Waals surface area (Å²) in [5, 5.41) is 0. The first-order valence-corrected chi connectivity index (χ1v) is 9.90. The lowest BCUT2D eigenvalue weighted by molar-refractivity contribution is -0.0490. The van der Waals surface area contributed by atoms with E-state index in [9.17, 15) is 0 Å². The fourth-order valence-corrected chi connectivity index (χ4v) is 4.17. The van der Waals surface area contributed by atoms with Crippen LogP contribution < -0.4 is 5.48 Å². The molecule has 0 aliphatic carbocycles. The van der Waals surface area contributed by atoms with Crippen LogP contribution in [0.1, 0.15) is 16.7 Å². The van der Waals surface area contributed by atoms with E-state index in [1.165, 1.54) is 0 Å². The molecular formula is C25H23NO3. The first kappa shape index (κ1) is 18.1. The summed E-state index contributed by atoms with van der Waals surface area (Å²) in [5.41, 5.74) is 7.65. The van der Waals surface area contributed by atoms with Gasteiger partial charge in [0.2, 0.25) is 0 Å². The second-order valence-electron chi connectivity index (χ2n) is 7.28. The topological polar surface area (TPSA) is 39.7 Å². The maximum atomic E-state index is 6.84. The molecule has 29 heavy (non-hydrogen) atoms. The Hall–Kier alpha value is -2.92. The fourth-order valence-electron chi connectivity index (χ4n) is 4.17. The zero-order valence-corrected chi connectivity index (χ0v) is 16.1. The van der Waals surface area contributed by atoms with Gasteiger partial charge in [-0.15, -0.1) is 0 Å². The van der Waals surface area contributed by atoms with Gasteiger partial charge in [0, 0.05) is 5.57 Å². The molecule has 1 N–H and O–H groups in total. The maximum absolute atomic E-state index is 6.84. The molecule has 146 valence electrons. The van der Waals surface area contributed by atoms with E-state index in [-0.39, 0.29) is 6.10 Å². The van der Waals surface area contributed by atoms with Crippen LogP contribution >= 0.6 is 0 Å². The molecule has 0 fully saturated rings. The van der Waals surface area contributed by atoms with Crippen molar-refractivity contribution in [2.45, 2.75) is 11.7 Å². The molecule has 3 aromatic rings. The Bertz CT molecular complexity index is 890. The molecular weight excluding hydrogens is 362 g/mol. The zero-order valence-electron chi connectivity index (χ0n) is 16.1. The molecule has 3 aromatic carbocycles. The molecule has 5 rings (SSSR count). The van der Waals surface area contributed by atoms with Gasteiger partial charge >= 0.3 is 0 Å². The number of rotatable bonds is 6. The van der Waals surface area contributed by atoms with Crippen LogP contribution in [0.25, 0.3) is 0 Å². The van der Waals surface area contributed by atoms with Crippen molar-refractivity contribution in [3.05, 3.63) is 119 Å². The number of hydroxylamine groups is 1. The van der Waals surface area contributed by atoms with Crippen LogP contribution in [-0.4, -0.2) is 25.9 Å². The van der Waals surface area contributed by atoms with Gasteiger partial charge in [-0.3, -0.25) is 10.3 Å². The van der Waals surface area contributed by atoms with Gasteiger partial charge in [-0.25, -0.2) is 0 Å². The Morgan fingerprint density at radius 2 is 1.28 bits per heavy atom. The van der Waals surface area contributed by atoms with E-state index in [0.717, 1.165) is 28.0 Å². The highest BCUT2D eigenvalue weighted by Gasteiger charge is 2.40. The second-order valence-corrected chi connectivity index (χ2v) is 7.28. The third-order valence-corrected chi connectivity index (χ3v) is 5.62. The van der Waals surface area contributed by atoms with Crippen molar-refractivity contribution in [3.63, 3.8) is 0 Å². The smallest absolute Gasteiger partial charge is 0.143 e. The van der Waals surface area contributed by atoms with Crippen molar-refractivity contribution in [1.82, 2.24) is 5.48 Å². The van der Waals surface area contributed by atoms with Crippen LogP contribution in [0.2, 0.25) is 0 Å². The van der Waals surface area contributed by atoms with Gasteiger partial charge in [0.1, 0.15) is 18.3 Å². The molecule has 1 unspecified atom stereocenters. The van der Waals surface area contributed by atoms with Crippen LogP contribution in [0.15, 0.2) is 102 Å². The van der Waals surface area contributed by atoms with Crippen molar-refractivity contribution < 1.29 is 14.3 Å². The lowest BCUT2D eigenvalue weighted by Gasteiger charge is -2.36. The van der Waals surface area contributed by atoms with Gasteiger partial charge in [-0.05, 0) is 16.7 Å². The molecule has 0 saturated carbocycles. The lowest BCUT2D eigenvalue weighted by atomic mass is 9.80. The summed E-state index contributed by atoms with van der Waals surface area (Å²) in [6, 6.07) is 31.2. The molecule has 4 nitrogen and oxygen atoms in total. The summed E-state index contributed by atoms with van der Waals surface area (Å²) in [7, 11) is 0. The Labute approximate surface area is 170 Å². The van der Waals surface area contributed by atoms with E-state index in [2.05, 4.69) is 78.3 Å². The molecule has 1 atom stereocenters. The van der Waals surface area contributed by atoms with Crippen LogP contribution in [0.4, 0.5) is 0 Å². The van der Waals surface area contributed by atoms with Gasteiger partial charge < -0.3 is 9.47 Å². The van der Waals surface area contributed by atoms with Crippen LogP contribution in [0.3, 0.4) is 0 Å². The lowest BCUT2D eigenvalue weighted by Crippen LogP contribution is -2.36. The normalized spacial score (nSPS) is 18.6. The van der Waals surface area contributed by atoms with Crippen LogP contribution in [0.5, 0.6) is 0 Å². The van der Waals surface area contributed by atoms with Gasteiger partial charge in [-0.2, -0.15) is 0 Å². The van der Waals surface area contributed by atoms with E-state index in [0.29, 0.717) is 19.8 Å². The Morgan fingerprint density at radius 1 is 0.759 bits per heavy atom. The Kier molecular flexibility index (Phi) is 4.90. The summed E-state index contributed by atoms with van der Waals surface area (Å²) in [5.74, 6) is 0. The highest BCUT2D eigenvalue weighted by Crippen LogP contribution is 2.41. The second kappa shape index (κ2) is 7.84. The molecule has 0 amide bonds. The minimum absolute atomic E-state index is 0.115. The molecule has 2 aliphatic rings. The number of ether oxygens (including phenoxy) is 2. The van der Waals surface area contributed by atoms with E-state index in [1.54, 1.807) is 0 Å². The third-order valence-electron chi connectivity index (χ3n) is 5.62. The van der Waals surface area contributed by atoms with E-state index in [1.807, 2.05) is 18.2 Å². The van der Waals surface area contributed by atoms with E-state index >= 15 is 0 Å². The summed E-state index contributed by atoms with van der Waals surface area (Å²) in [6.45, 7) is 1.51. The predicted octanol–water partition coefficient (Wildman–Crippen LogP) is 4.18. The monoisotopic (exact) mass is 385 g/mol. The first-order valence-electron chi connectivity index (χ1n) is 9.90. The highest BCUT2D eigenvalue weighted by molar-refractivity contribution is 5.47. The average molecular weight is 385 g/mol. The minimum Gasteiger partial charge on any atom is -0.365 e. The average Bonchev–Trinajstić information content (AvgIpc) is 3.41. The summed E-state index contributed by atoms with van der Waals surface area (Å²) in [6.07, 6.45) is -0.115. The standard InChI is InChI=1S/C25H23NO3/c1-4-10-19(11-5-1)25(20-12-6-2-7-13-20,21-14-8-3-9-15-21)28-18-24-22-16-29-26-23(22)17-27-24/h1-15,24,26H,16-18H2. The third kappa shape index (κ3) is 3.25. The maximum Gasteiger partial charge on any atom is 0.143 e. The number of benzene rings is 3. The molecule has 4 heteroatoms. The minimum atomic E-state index is -0.733. The molecule has 2 aliphatic heterocycles. The number of hydrogen-bond acceptors (Lipinski definition) is 4. The van der Waals surface area contributed by atoms with Gasteiger partial charge in [0.05, 0.1) is 18.9 Å². The van der Waals surface area contributed by atoms with Crippen molar-refractivity contribution in [2.75, 3.05) is 19.8 Å². The van der Waals surface area contributed by atoms with Gasteiger partial charge in [0.15, 0.2) is 0 Å². The summed E-state index contributed by atoms with van der Waals surface area (Å²) < 4.78 is 12.8. The number of hydrogen-bond donors (Lipinski definition) is 1. The van der Waals surface area contributed by atoms with Crippen LogP contribution in [0, 0.1) is 0 Å². The molecule has 0 saturated heterocycles.